The van der Waals surface area contributed by atoms with Crippen LogP contribution in [0.25, 0.3) is 21.8 Å². The standard InChI is InChI=1S/C50H48N6.2BrH/c1-35-45(51)27-25-43-47(53(3)41-11-7-5-8-12-41)29-31-55(49(35)43)33-39-21-17-37(18-22-39)15-16-38-19-23-40(24-20-38)34-56-32-30-48(54(4)42-13-9-6-10-14-42)44-26-28-46(52)36(2)50(44)56;;/h5-14,17-32,51-52H,15-16,33-34H2,1-4H3;2*1H. The molecule has 6 aromatic carbocycles. The minimum atomic E-state index is 0. The molecule has 4 N–H and O–H groups in total. The third-order valence-electron chi connectivity index (χ3n) is 11.4. The first-order valence-electron chi connectivity index (χ1n) is 19.4. The number of hydrogen-bond acceptors (Lipinski definition) is 4. The number of aromatic nitrogens is 2. The zero-order chi connectivity index (χ0) is 38.8. The molecular formula is C50H50Br2N6. The molecule has 0 aliphatic carbocycles. The van der Waals surface area contributed by atoms with Gasteiger partial charge >= 0.3 is 0 Å². The van der Waals surface area contributed by atoms with Crippen LogP contribution in [-0.2, 0) is 25.9 Å². The van der Waals surface area contributed by atoms with E-state index in [0.717, 1.165) is 82.2 Å². The predicted octanol–water partition coefficient (Wildman–Crippen LogP) is 3.77. The molecule has 0 aliphatic heterocycles. The van der Waals surface area contributed by atoms with E-state index in [1.165, 1.54) is 33.0 Å². The fraction of sp³-hybridized carbons (Fsp3) is 0.160. The third kappa shape index (κ3) is 8.59. The van der Waals surface area contributed by atoms with Gasteiger partial charge in [0.1, 0.15) is 0 Å². The lowest BCUT2D eigenvalue weighted by atomic mass is 10.0. The summed E-state index contributed by atoms with van der Waals surface area (Å²) in [5, 5.41) is 2.37. The summed E-state index contributed by atoms with van der Waals surface area (Å²) in [5.41, 5.74) is 28.9. The van der Waals surface area contributed by atoms with Crippen molar-refractivity contribution in [3.8, 4) is 0 Å². The Bertz CT molecular complexity index is 2460. The normalized spacial score (nSPS) is 10.9. The van der Waals surface area contributed by atoms with Gasteiger partial charge in [0, 0.05) is 71.2 Å². The van der Waals surface area contributed by atoms with Gasteiger partial charge in [-0.05, 0) is 86.3 Å². The molecule has 8 heteroatoms. The van der Waals surface area contributed by atoms with Crippen molar-refractivity contribution in [1.29, 1.82) is 0 Å². The van der Waals surface area contributed by atoms with Crippen LogP contribution in [0, 0.1) is 13.8 Å². The number of nitrogens with two attached hydrogens (primary N) is 2. The van der Waals surface area contributed by atoms with Crippen LogP contribution >= 0.6 is 0 Å². The quantitative estimate of drug-likeness (QED) is 0.154. The molecule has 0 radical (unpaired) electrons. The highest BCUT2D eigenvalue weighted by Crippen LogP contribution is 2.34. The van der Waals surface area contributed by atoms with Gasteiger partial charge in [0.05, 0.1) is 22.1 Å². The van der Waals surface area contributed by atoms with Crippen LogP contribution in [0.2, 0.25) is 0 Å². The molecule has 0 fully saturated rings. The summed E-state index contributed by atoms with van der Waals surface area (Å²) < 4.78 is 4.66. The number of nitrogens with zero attached hydrogens (tertiary/aromatic N) is 4. The molecule has 0 atom stereocenters. The maximum Gasteiger partial charge on any atom is 0.219 e. The van der Waals surface area contributed by atoms with Gasteiger partial charge in [-0.3, -0.25) is 0 Å². The molecular weight excluding hydrogens is 844 g/mol. The first-order valence-corrected chi connectivity index (χ1v) is 19.4. The Morgan fingerprint density at radius 3 is 1.14 bits per heavy atom. The molecule has 2 aromatic heterocycles. The van der Waals surface area contributed by atoms with Crippen LogP contribution in [0.15, 0.2) is 158 Å². The van der Waals surface area contributed by atoms with Gasteiger partial charge in [0.15, 0.2) is 25.5 Å². The molecule has 8 aromatic rings. The van der Waals surface area contributed by atoms with Gasteiger partial charge in [0.2, 0.25) is 11.0 Å². The van der Waals surface area contributed by atoms with Crippen molar-refractivity contribution in [1.82, 2.24) is 0 Å². The van der Waals surface area contributed by atoms with Crippen LogP contribution in [0.5, 0.6) is 0 Å². The molecule has 0 spiro atoms. The third-order valence-corrected chi connectivity index (χ3v) is 11.4. The highest BCUT2D eigenvalue weighted by molar-refractivity contribution is 5.96. The summed E-state index contributed by atoms with van der Waals surface area (Å²) in [6, 6.07) is 51.9. The number of pyridine rings is 2. The SMILES string of the molecule is Cc1c(N)ccc2c(N(C)c3ccccc3)cc[n+](Cc3ccc(CCc4ccc(C[n+]5ccc(N(C)c6ccccc6)c6ccc(N)c(C)c65)cc4)cc3)c12.[Br-].[Br-]. The molecule has 294 valence electrons. The number of para-hydroxylation sites is 2. The summed E-state index contributed by atoms with van der Waals surface area (Å²) in [4.78, 5) is 4.49. The van der Waals surface area contributed by atoms with Crippen LogP contribution in [-0.4, -0.2) is 14.1 Å². The summed E-state index contributed by atoms with van der Waals surface area (Å²) in [6.07, 6.45) is 6.36. The topological polar surface area (TPSA) is 66.3 Å². The van der Waals surface area contributed by atoms with E-state index in [-0.39, 0.29) is 34.0 Å². The van der Waals surface area contributed by atoms with Crippen molar-refractivity contribution in [3.05, 3.63) is 191 Å². The second-order valence-corrected chi connectivity index (χ2v) is 14.9. The van der Waals surface area contributed by atoms with E-state index in [1.807, 2.05) is 12.1 Å². The van der Waals surface area contributed by atoms with Crippen LogP contribution in [0.3, 0.4) is 0 Å². The van der Waals surface area contributed by atoms with E-state index in [9.17, 15) is 0 Å². The number of anilines is 6. The molecule has 0 aliphatic rings. The fourth-order valence-electron chi connectivity index (χ4n) is 7.97. The van der Waals surface area contributed by atoms with Gasteiger partial charge in [-0.2, -0.15) is 9.13 Å². The maximum atomic E-state index is 6.46. The van der Waals surface area contributed by atoms with Crippen LogP contribution < -0.4 is 64.4 Å². The zero-order valence-electron chi connectivity index (χ0n) is 33.5. The van der Waals surface area contributed by atoms with Crippen molar-refractivity contribution in [2.45, 2.75) is 39.8 Å². The van der Waals surface area contributed by atoms with Gasteiger partial charge < -0.3 is 55.2 Å². The Hall–Kier alpha value is -5.70. The lowest BCUT2D eigenvalue weighted by Gasteiger charge is -2.21. The molecule has 0 saturated carbocycles. The molecule has 8 rings (SSSR count). The smallest absolute Gasteiger partial charge is 0.219 e. The lowest BCUT2D eigenvalue weighted by molar-refractivity contribution is -0.662. The molecule has 0 saturated heterocycles. The van der Waals surface area contributed by atoms with E-state index in [4.69, 9.17) is 11.5 Å². The largest absolute Gasteiger partial charge is 1.00 e. The van der Waals surface area contributed by atoms with Crippen molar-refractivity contribution in [3.63, 3.8) is 0 Å². The number of fused-ring (bicyclic) bond motifs is 2. The van der Waals surface area contributed by atoms with E-state index in [2.05, 4.69) is 193 Å². The highest BCUT2D eigenvalue weighted by atomic mass is 79.9. The summed E-state index contributed by atoms with van der Waals surface area (Å²) in [5.74, 6) is 0. The number of nitrogen functional groups attached to an aromatic ring is 2. The predicted molar refractivity (Wildman–Crippen MR) is 234 cm³/mol. The molecule has 58 heavy (non-hydrogen) atoms. The number of halogens is 2. The number of benzene rings is 6. The van der Waals surface area contributed by atoms with Crippen molar-refractivity contribution in [2.24, 2.45) is 0 Å². The zero-order valence-corrected chi connectivity index (χ0v) is 36.7. The number of aryl methyl sites for hydroxylation is 4. The Morgan fingerprint density at radius 1 is 0.431 bits per heavy atom. The van der Waals surface area contributed by atoms with Crippen molar-refractivity contribution < 1.29 is 43.1 Å². The Balaban J connectivity index is 0.00000283. The molecule has 0 bridgehead atoms. The second kappa shape index (κ2) is 18.3. The van der Waals surface area contributed by atoms with E-state index in [0.29, 0.717) is 0 Å². The van der Waals surface area contributed by atoms with E-state index in [1.54, 1.807) is 0 Å². The Morgan fingerprint density at radius 2 is 0.776 bits per heavy atom. The van der Waals surface area contributed by atoms with Gasteiger partial charge in [-0.1, -0.05) is 84.9 Å². The molecule has 6 nitrogen and oxygen atoms in total. The number of hydrogen-bond donors (Lipinski definition) is 2. The van der Waals surface area contributed by atoms with Crippen LogP contribution in [0.1, 0.15) is 33.4 Å². The van der Waals surface area contributed by atoms with Gasteiger partial charge in [0.25, 0.3) is 0 Å². The molecule has 0 amide bonds. The van der Waals surface area contributed by atoms with Crippen molar-refractivity contribution >= 4 is 55.9 Å². The highest BCUT2D eigenvalue weighted by Gasteiger charge is 2.22. The average Bonchev–Trinajstić information content (AvgIpc) is 3.24. The van der Waals surface area contributed by atoms with E-state index >= 15 is 0 Å². The molecule has 0 unspecified atom stereocenters. The summed E-state index contributed by atoms with van der Waals surface area (Å²) in [6.45, 7) is 5.78. The summed E-state index contributed by atoms with van der Waals surface area (Å²) >= 11 is 0. The monoisotopic (exact) mass is 892 g/mol. The Kier molecular flexibility index (Phi) is 13.2. The summed E-state index contributed by atoms with van der Waals surface area (Å²) in [7, 11) is 4.25. The van der Waals surface area contributed by atoms with E-state index < -0.39 is 0 Å². The fourth-order valence-corrected chi connectivity index (χ4v) is 7.97. The maximum absolute atomic E-state index is 6.46. The van der Waals surface area contributed by atoms with Gasteiger partial charge in [-0.15, -0.1) is 0 Å². The first-order chi connectivity index (χ1) is 27.2. The lowest BCUT2D eigenvalue weighted by Crippen LogP contribution is -3.00. The minimum absolute atomic E-state index is 0. The first kappa shape index (κ1) is 41.9. The Labute approximate surface area is 363 Å². The molecule has 2 heterocycles. The second-order valence-electron chi connectivity index (χ2n) is 14.9. The van der Waals surface area contributed by atoms with Crippen LogP contribution in [0.4, 0.5) is 34.1 Å². The van der Waals surface area contributed by atoms with Gasteiger partial charge in [-0.25, -0.2) is 0 Å². The minimum Gasteiger partial charge on any atom is -1.00 e. The average molecular weight is 895 g/mol. The van der Waals surface area contributed by atoms with Crippen molar-refractivity contribution in [2.75, 3.05) is 35.4 Å². The number of rotatable bonds is 11.